The molecule has 0 atom stereocenters. The second kappa shape index (κ2) is 7.53. The van der Waals surface area contributed by atoms with Crippen LogP contribution in [0, 0.1) is 6.92 Å². The van der Waals surface area contributed by atoms with E-state index in [0.29, 0.717) is 0 Å². The van der Waals surface area contributed by atoms with Crippen molar-refractivity contribution in [2.45, 2.75) is 33.1 Å². The summed E-state index contributed by atoms with van der Waals surface area (Å²) in [7, 11) is -0.983. The predicted octanol–water partition coefficient (Wildman–Crippen LogP) is 4.51. The van der Waals surface area contributed by atoms with Gasteiger partial charge in [0.2, 0.25) is 0 Å². The van der Waals surface area contributed by atoms with E-state index in [1.807, 2.05) is 12.1 Å². The molecule has 0 aliphatic heterocycles. The quantitative estimate of drug-likeness (QED) is 0.359. The summed E-state index contributed by atoms with van der Waals surface area (Å²) in [6, 6.07) is 25.3. The average Bonchev–Trinajstić information content (AvgIpc) is 2.67. The molecule has 0 bridgehead atoms. The molecule has 0 saturated carbocycles. The summed E-state index contributed by atoms with van der Waals surface area (Å²) in [5.41, 5.74) is 2.37. The van der Waals surface area contributed by atoms with Crippen LogP contribution in [0.15, 0.2) is 72.8 Å². The summed E-state index contributed by atoms with van der Waals surface area (Å²) in [6.45, 7) is 8.80. The minimum atomic E-state index is -2.74. The Kier molecular flexibility index (Phi) is 5.50. The van der Waals surface area contributed by atoms with E-state index >= 15 is 0 Å². The third-order valence-corrected chi connectivity index (χ3v) is 10.3. The van der Waals surface area contributed by atoms with Gasteiger partial charge in [-0.2, -0.15) is 0 Å². The van der Waals surface area contributed by atoms with Gasteiger partial charge >= 0.3 is 0 Å². The van der Waals surface area contributed by atoms with Crippen molar-refractivity contribution in [3.63, 3.8) is 0 Å². The first-order chi connectivity index (χ1) is 12.8. The molecule has 0 heterocycles. The lowest BCUT2D eigenvalue weighted by molar-refractivity contribution is 0.400. The van der Waals surface area contributed by atoms with Gasteiger partial charge in [0, 0.05) is 5.19 Å². The number of aryl methyl sites for hydroxylation is 1. The molecule has 0 N–H and O–H groups in total. The summed E-state index contributed by atoms with van der Waals surface area (Å²) < 4.78 is 6.00. The van der Waals surface area contributed by atoms with Crippen LogP contribution in [0.5, 0.6) is 5.75 Å². The van der Waals surface area contributed by atoms with Crippen molar-refractivity contribution in [2.75, 3.05) is 7.11 Å². The standard InChI is InChI=1S/C24H27ClOSi/c1-18-16-21(24(2,3)4)23(26-5)22(17-18)27(25,19-12-8-6-9-13-19)20-14-10-7-11-15-20/h6-17H,1-5H3. The van der Waals surface area contributed by atoms with Crippen LogP contribution in [-0.2, 0) is 5.41 Å². The number of hydrogen-bond donors (Lipinski definition) is 0. The highest BCUT2D eigenvalue weighted by Gasteiger charge is 2.41. The highest BCUT2D eigenvalue weighted by molar-refractivity contribution is 7.40. The third-order valence-electron chi connectivity index (χ3n) is 4.96. The smallest absolute Gasteiger partial charge is 0.251 e. The monoisotopic (exact) mass is 394 g/mol. The molecule has 0 unspecified atom stereocenters. The van der Waals surface area contributed by atoms with E-state index in [1.165, 1.54) is 21.5 Å². The maximum absolute atomic E-state index is 7.65. The topological polar surface area (TPSA) is 9.23 Å². The number of rotatable bonds is 4. The number of benzene rings is 3. The van der Waals surface area contributed by atoms with E-state index in [4.69, 9.17) is 15.8 Å². The Balaban J connectivity index is 2.40. The van der Waals surface area contributed by atoms with Gasteiger partial charge in [-0.05, 0) is 28.3 Å². The number of halogens is 1. The fraction of sp³-hybridized carbons (Fsp3) is 0.250. The lowest BCUT2D eigenvalue weighted by atomic mass is 9.85. The first-order valence-electron chi connectivity index (χ1n) is 9.28. The van der Waals surface area contributed by atoms with Crippen molar-refractivity contribution in [3.05, 3.63) is 83.9 Å². The SMILES string of the molecule is COc1c(C(C)(C)C)cc(C)cc1[Si](Cl)(c1ccccc1)c1ccccc1. The summed E-state index contributed by atoms with van der Waals surface area (Å²) in [5, 5.41) is 3.46. The van der Waals surface area contributed by atoms with Gasteiger partial charge in [-0.1, -0.05) is 99.1 Å². The molecule has 1 nitrogen and oxygen atoms in total. The van der Waals surface area contributed by atoms with Crippen LogP contribution in [0.25, 0.3) is 0 Å². The highest BCUT2D eigenvalue weighted by atomic mass is 35.6. The Bertz CT molecular complexity index is 875. The number of hydrogen-bond acceptors (Lipinski definition) is 1. The zero-order valence-electron chi connectivity index (χ0n) is 16.7. The van der Waals surface area contributed by atoms with Crippen LogP contribution in [0.1, 0.15) is 31.9 Å². The fourth-order valence-corrected chi connectivity index (χ4v) is 8.03. The fourth-order valence-electron chi connectivity index (χ4n) is 3.62. The van der Waals surface area contributed by atoms with Gasteiger partial charge in [-0.15, -0.1) is 11.1 Å². The molecule has 140 valence electrons. The molecular weight excluding hydrogens is 368 g/mol. The van der Waals surface area contributed by atoms with Crippen LogP contribution in [-0.4, -0.2) is 14.5 Å². The van der Waals surface area contributed by atoms with Gasteiger partial charge in [-0.25, -0.2) is 0 Å². The molecule has 0 spiro atoms. The van der Waals surface area contributed by atoms with Crippen molar-refractivity contribution in [3.8, 4) is 5.75 Å². The minimum Gasteiger partial charge on any atom is -0.497 e. The third kappa shape index (κ3) is 3.69. The zero-order chi connectivity index (χ0) is 19.7. The molecule has 3 aromatic rings. The van der Waals surface area contributed by atoms with Crippen LogP contribution >= 0.6 is 11.1 Å². The van der Waals surface area contributed by atoms with Crippen molar-refractivity contribution >= 4 is 34.0 Å². The molecular formula is C24H27ClOSi. The lowest BCUT2D eigenvalue weighted by Gasteiger charge is -2.32. The molecule has 3 rings (SSSR count). The first-order valence-corrected chi connectivity index (χ1v) is 12.3. The average molecular weight is 395 g/mol. The Morgan fingerprint density at radius 1 is 0.815 bits per heavy atom. The van der Waals surface area contributed by atoms with E-state index < -0.39 is 7.38 Å². The van der Waals surface area contributed by atoms with E-state index in [9.17, 15) is 0 Å². The summed E-state index contributed by atoms with van der Waals surface area (Å²) >= 11 is 7.65. The second-order valence-electron chi connectivity index (χ2n) is 8.03. The Morgan fingerprint density at radius 3 is 1.70 bits per heavy atom. The maximum Gasteiger partial charge on any atom is 0.251 e. The molecule has 3 aromatic carbocycles. The van der Waals surface area contributed by atoms with Crippen LogP contribution in [0.4, 0.5) is 0 Å². The summed E-state index contributed by atoms with van der Waals surface area (Å²) in [5.74, 6) is 0.919. The molecule has 0 aliphatic carbocycles. The van der Waals surface area contributed by atoms with Crippen molar-refractivity contribution in [2.24, 2.45) is 0 Å². The predicted molar refractivity (Wildman–Crippen MR) is 120 cm³/mol. The zero-order valence-corrected chi connectivity index (χ0v) is 18.5. The molecule has 3 heteroatoms. The van der Waals surface area contributed by atoms with E-state index in [2.05, 4.69) is 88.4 Å². The van der Waals surface area contributed by atoms with Crippen LogP contribution in [0.3, 0.4) is 0 Å². The molecule has 0 aliphatic rings. The maximum atomic E-state index is 7.65. The van der Waals surface area contributed by atoms with Gasteiger partial charge in [0.15, 0.2) is 0 Å². The highest BCUT2D eigenvalue weighted by Crippen LogP contribution is 2.33. The molecule has 0 saturated heterocycles. The summed E-state index contributed by atoms with van der Waals surface area (Å²) in [6.07, 6.45) is 0. The van der Waals surface area contributed by atoms with Gasteiger partial charge in [0.25, 0.3) is 7.38 Å². The van der Waals surface area contributed by atoms with Gasteiger partial charge in [0.05, 0.1) is 7.11 Å². The molecule has 27 heavy (non-hydrogen) atoms. The normalized spacial score (nSPS) is 12.1. The lowest BCUT2D eigenvalue weighted by Crippen LogP contribution is -2.63. The van der Waals surface area contributed by atoms with Gasteiger partial charge < -0.3 is 4.74 Å². The Morgan fingerprint density at radius 2 is 1.30 bits per heavy atom. The first kappa shape index (κ1) is 19.7. The van der Waals surface area contributed by atoms with E-state index in [-0.39, 0.29) is 5.41 Å². The molecule has 0 amide bonds. The largest absolute Gasteiger partial charge is 0.497 e. The van der Waals surface area contributed by atoms with Crippen molar-refractivity contribution < 1.29 is 4.74 Å². The summed E-state index contributed by atoms with van der Waals surface area (Å²) in [4.78, 5) is 0. The molecule has 0 aromatic heterocycles. The second-order valence-corrected chi connectivity index (χ2v) is 12.7. The van der Waals surface area contributed by atoms with E-state index in [0.717, 1.165) is 10.9 Å². The van der Waals surface area contributed by atoms with Crippen molar-refractivity contribution in [1.82, 2.24) is 0 Å². The molecule has 0 radical (unpaired) electrons. The number of ether oxygens (including phenoxy) is 1. The van der Waals surface area contributed by atoms with Gasteiger partial charge in [0.1, 0.15) is 5.75 Å². The minimum absolute atomic E-state index is 0.0360. The number of methoxy groups -OCH3 is 1. The van der Waals surface area contributed by atoms with E-state index in [1.54, 1.807) is 7.11 Å². The molecule has 0 fully saturated rings. The Labute approximate surface area is 168 Å². The van der Waals surface area contributed by atoms with Crippen LogP contribution in [0.2, 0.25) is 0 Å². The van der Waals surface area contributed by atoms with Crippen LogP contribution < -0.4 is 20.3 Å². The Hall–Kier alpha value is -2.03. The van der Waals surface area contributed by atoms with Crippen molar-refractivity contribution in [1.29, 1.82) is 0 Å². The van der Waals surface area contributed by atoms with Gasteiger partial charge in [-0.3, -0.25) is 0 Å².